The molecule has 0 radical (unpaired) electrons. The molecule has 1 saturated heterocycles. The van der Waals surface area contributed by atoms with Crippen LogP contribution >= 0.6 is 0 Å². The number of benzene rings is 1. The zero-order valence-corrected chi connectivity index (χ0v) is 13.7. The van der Waals surface area contributed by atoms with Crippen molar-refractivity contribution in [3.63, 3.8) is 0 Å². The Bertz CT molecular complexity index is 655. The molecule has 1 spiro atoms. The van der Waals surface area contributed by atoms with Crippen LogP contribution in [0.25, 0.3) is 0 Å². The van der Waals surface area contributed by atoms with Crippen molar-refractivity contribution in [1.82, 2.24) is 4.90 Å². The summed E-state index contributed by atoms with van der Waals surface area (Å²) in [5.41, 5.74) is 0.793. The highest BCUT2D eigenvalue weighted by Crippen LogP contribution is 2.41. The number of allylic oxidation sites excluding steroid dienone is 2. The highest BCUT2D eigenvalue weighted by molar-refractivity contribution is 5.94. The molecule has 1 N–H and O–H groups in total. The molecule has 1 amide bonds. The van der Waals surface area contributed by atoms with Gasteiger partial charge in [-0.05, 0) is 55.7 Å². The summed E-state index contributed by atoms with van der Waals surface area (Å²) < 4.78 is 5.18. The summed E-state index contributed by atoms with van der Waals surface area (Å²) in [5.74, 6) is -0.616. The smallest absolute Gasteiger partial charge is 0.341 e. The molecule has 24 heavy (non-hydrogen) atoms. The van der Waals surface area contributed by atoms with Crippen LogP contribution in [0.2, 0.25) is 0 Å². The van der Waals surface area contributed by atoms with E-state index in [9.17, 15) is 9.59 Å². The Morgan fingerprint density at radius 2 is 2.12 bits per heavy atom. The van der Waals surface area contributed by atoms with Gasteiger partial charge in [0.1, 0.15) is 5.75 Å². The lowest BCUT2D eigenvalue weighted by atomic mass is 9.71. The Kier molecular flexibility index (Phi) is 4.88. The lowest BCUT2D eigenvalue weighted by Gasteiger charge is -2.44. The molecular weight excluding hydrogens is 306 g/mol. The topological polar surface area (TPSA) is 66.8 Å². The molecule has 5 nitrogen and oxygen atoms in total. The predicted molar refractivity (Wildman–Crippen MR) is 90.1 cm³/mol. The number of aliphatic carboxylic acids is 1. The largest absolute Gasteiger partial charge is 0.482 e. The number of carbonyl (C=O) groups excluding carboxylic acids is 1. The first kappa shape index (κ1) is 16.6. The molecule has 0 bridgehead atoms. The van der Waals surface area contributed by atoms with Gasteiger partial charge in [0.05, 0.1) is 0 Å². The quantitative estimate of drug-likeness (QED) is 0.862. The molecule has 5 heteroatoms. The van der Waals surface area contributed by atoms with Crippen LogP contribution in [0.5, 0.6) is 5.75 Å². The molecule has 3 rings (SSSR count). The number of amides is 1. The van der Waals surface area contributed by atoms with E-state index in [1.54, 1.807) is 24.3 Å². The predicted octanol–water partition coefficient (Wildman–Crippen LogP) is 3.11. The molecule has 1 aromatic rings. The van der Waals surface area contributed by atoms with Crippen LogP contribution in [0.4, 0.5) is 0 Å². The molecule has 0 saturated carbocycles. The van der Waals surface area contributed by atoms with Crippen molar-refractivity contribution in [2.24, 2.45) is 5.41 Å². The van der Waals surface area contributed by atoms with Crippen molar-refractivity contribution in [2.75, 3.05) is 19.7 Å². The van der Waals surface area contributed by atoms with Gasteiger partial charge in [0.15, 0.2) is 6.61 Å². The van der Waals surface area contributed by atoms with E-state index in [0.29, 0.717) is 11.3 Å². The molecule has 1 aliphatic heterocycles. The normalized spacial score (nSPS) is 23.2. The molecule has 1 atom stereocenters. The highest BCUT2D eigenvalue weighted by Gasteiger charge is 2.36. The summed E-state index contributed by atoms with van der Waals surface area (Å²) in [7, 11) is 0. The minimum Gasteiger partial charge on any atom is -0.482 e. The summed E-state index contributed by atoms with van der Waals surface area (Å²) in [4.78, 5) is 25.4. The van der Waals surface area contributed by atoms with E-state index in [0.717, 1.165) is 38.8 Å². The van der Waals surface area contributed by atoms with Gasteiger partial charge in [0.25, 0.3) is 5.91 Å². The fourth-order valence-electron chi connectivity index (χ4n) is 3.74. The van der Waals surface area contributed by atoms with Gasteiger partial charge in [-0.2, -0.15) is 0 Å². The second kappa shape index (κ2) is 7.07. The van der Waals surface area contributed by atoms with Gasteiger partial charge in [-0.3, -0.25) is 4.79 Å². The summed E-state index contributed by atoms with van der Waals surface area (Å²) in [6.45, 7) is 1.18. The molecular formula is C19H23NO4. The van der Waals surface area contributed by atoms with Gasteiger partial charge in [0.2, 0.25) is 0 Å². The number of nitrogens with zero attached hydrogens (tertiary/aromatic N) is 1. The minimum absolute atomic E-state index is 0.00408. The summed E-state index contributed by atoms with van der Waals surface area (Å²) >= 11 is 0. The summed E-state index contributed by atoms with van der Waals surface area (Å²) in [5, 5.41) is 8.69. The van der Waals surface area contributed by atoms with Crippen molar-refractivity contribution in [3.05, 3.63) is 42.0 Å². The number of hydrogen-bond acceptors (Lipinski definition) is 3. The minimum atomic E-state index is -1.03. The van der Waals surface area contributed by atoms with Crippen molar-refractivity contribution >= 4 is 11.9 Å². The lowest BCUT2D eigenvalue weighted by Crippen LogP contribution is -2.46. The average Bonchev–Trinajstić information content (AvgIpc) is 2.60. The van der Waals surface area contributed by atoms with E-state index in [2.05, 4.69) is 12.2 Å². The van der Waals surface area contributed by atoms with Gasteiger partial charge in [-0.15, -0.1) is 0 Å². The molecule has 128 valence electrons. The van der Waals surface area contributed by atoms with E-state index >= 15 is 0 Å². The zero-order chi connectivity index (χ0) is 17.0. The molecule has 1 aromatic carbocycles. The van der Waals surface area contributed by atoms with Crippen molar-refractivity contribution < 1.29 is 19.4 Å². The zero-order valence-electron chi connectivity index (χ0n) is 13.7. The molecule has 1 aliphatic carbocycles. The monoisotopic (exact) mass is 329 g/mol. The van der Waals surface area contributed by atoms with Gasteiger partial charge < -0.3 is 14.7 Å². The maximum Gasteiger partial charge on any atom is 0.341 e. The van der Waals surface area contributed by atoms with Crippen molar-refractivity contribution in [2.45, 2.75) is 32.1 Å². The summed E-state index contributed by atoms with van der Waals surface area (Å²) in [6, 6.07) is 6.79. The van der Waals surface area contributed by atoms with E-state index in [1.807, 2.05) is 4.90 Å². The Morgan fingerprint density at radius 3 is 2.88 bits per heavy atom. The van der Waals surface area contributed by atoms with Gasteiger partial charge in [0, 0.05) is 18.7 Å². The van der Waals surface area contributed by atoms with E-state index in [-0.39, 0.29) is 11.3 Å². The number of rotatable bonds is 4. The standard InChI is InChI=1S/C19H23NO4/c21-17(22)13-24-16-7-4-6-15(12-16)18(23)20-11-5-10-19(14-20)8-2-1-3-9-19/h1-2,4,6-7,12H,3,5,8-11,13-14H2,(H,21,22). The van der Waals surface area contributed by atoms with Crippen LogP contribution in [-0.2, 0) is 4.79 Å². The number of likely N-dealkylation sites (tertiary alicyclic amines) is 1. The number of carbonyl (C=O) groups is 2. The van der Waals surface area contributed by atoms with Crippen LogP contribution < -0.4 is 4.74 Å². The summed E-state index contributed by atoms with van der Waals surface area (Å²) in [6.07, 6.45) is 10.00. The highest BCUT2D eigenvalue weighted by atomic mass is 16.5. The van der Waals surface area contributed by atoms with Crippen LogP contribution in [0.3, 0.4) is 0 Å². The molecule has 0 aromatic heterocycles. The van der Waals surface area contributed by atoms with Gasteiger partial charge in [-0.1, -0.05) is 18.2 Å². The van der Waals surface area contributed by atoms with Crippen LogP contribution in [0.1, 0.15) is 42.5 Å². The SMILES string of the molecule is O=C(O)COc1cccc(C(=O)N2CCCC3(CC=CCC3)C2)c1. The number of ether oxygens (including phenoxy) is 1. The van der Waals surface area contributed by atoms with Crippen molar-refractivity contribution in [3.8, 4) is 5.75 Å². The Hall–Kier alpha value is -2.30. The van der Waals surface area contributed by atoms with Crippen LogP contribution in [0.15, 0.2) is 36.4 Å². The fraction of sp³-hybridized carbons (Fsp3) is 0.474. The van der Waals surface area contributed by atoms with Crippen LogP contribution in [0, 0.1) is 5.41 Å². The van der Waals surface area contributed by atoms with E-state index in [4.69, 9.17) is 9.84 Å². The van der Waals surface area contributed by atoms with Crippen LogP contribution in [-0.4, -0.2) is 41.6 Å². The number of piperidine rings is 1. The van der Waals surface area contributed by atoms with Gasteiger partial charge in [-0.25, -0.2) is 4.79 Å². The number of carboxylic acids is 1. The molecule has 1 unspecified atom stereocenters. The third-order valence-corrected chi connectivity index (χ3v) is 4.95. The molecule has 1 heterocycles. The Morgan fingerprint density at radius 1 is 1.25 bits per heavy atom. The molecule has 1 fully saturated rings. The third kappa shape index (κ3) is 3.78. The average molecular weight is 329 g/mol. The molecule has 2 aliphatic rings. The Balaban J connectivity index is 1.70. The first-order valence-electron chi connectivity index (χ1n) is 8.47. The third-order valence-electron chi connectivity index (χ3n) is 4.95. The second-order valence-corrected chi connectivity index (χ2v) is 6.75. The first-order valence-corrected chi connectivity index (χ1v) is 8.47. The second-order valence-electron chi connectivity index (χ2n) is 6.75. The maximum absolute atomic E-state index is 12.9. The fourth-order valence-corrected chi connectivity index (χ4v) is 3.74. The maximum atomic E-state index is 12.9. The van der Waals surface area contributed by atoms with E-state index in [1.165, 1.54) is 6.42 Å². The first-order chi connectivity index (χ1) is 11.6. The van der Waals surface area contributed by atoms with Gasteiger partial charge >= 0.3 is 5.97 Å². The van der Waals surface area contributed by atoms with Crippen molar-refractivity contribution in [1.29, 1.82) is 0 Å². The lowest BCUT2D eigenvalue weighted by molar-refractivity contribution is -0.139. The number of carboxylic acid groups (broad SMARTS) is 1. The van der Waals surface area contributed by atoms with E-state index < -0.39 is 12.6 Å². The Labute approximate surface area is 141 Å². The number of hydrogen-bond donors (Lipinski definition) is 1.